The van der Waals surface area contributed by atoms with Gasteiger partial charge >= 0.3 is 6.09 Å². The van der Waals surface area contributed by atoms with E-state index >= 15 is 0 Å². The molecule has 2 saturated heterocycles. The van der Waals surface area contributed by atoms with Crippen molar-refractivity contribution in [3.63, 3.8) is 0 Å². The molecule has 234 valence electrons. The molecule has 0 unspecified atom stereocenters. The lowest BCUT2D eigenvalue weighted by molar-refractivity contribution is -0.0172. The molecule has 0 spiro atoms. The first-order valence-corrected chi connectivity index (χ1v) is 15.8. The molecule has 2 aromatic heterocycles. The molecule has 4 aliphatic heterocycles. The van der Waals surface area contributed by atoms with Crippen LogP contribution >= 0.6 is 0 Å². The molecule has 6 heterocycles. The highest BCUT2D eigenvalue weighted by Crippen LogP contribution is 2.43. The number of hydrogen-bond donors (Lipinski definition) is 1. The van der Waals surface area contributed by atoms with Crippen molar-refractivity contribution in [2.24, 2.45) is 0 Å². The summed E-state index contributed by atoms with van der Waals surface area (Å²) in [6.07, 6.45) is 6.63. The first-order valence-electron chi connectivity index (χ1n) is 15.8. The zero-order chi connectivity index (χ0) is 29.9. The van der Waals surface area contributed by atoms with Gasteiger partial charge < -0.3 is 28.9 Å². The number of aromatic nitrogens is 2. The molecule has 7 rings (SSSR count). The Bertz CT molecular complexity index is 1680. The highest BCUT2D eigenvalue weighted by molar-refractivity contribution is 5.89. The molecule has 2 fully saturated rings. The molecule has 3 aromatic rings. The second-order valence-corrected chi connectivity index (χ2v) is 12.4. The standard InChI is InChI=1S/C34H40N4O5.CH4/c1-4-24-25-17-23(43-33(40)37-15-11-22(12-16-37)36-13-7-6-8-14-36)9-10-29(25)35-31-26(24)19-38-30(31)18-28-27(32(38)39)20-42-21(3)34(28,41)5-2;/h9-10,17-18,22,41H,3-8,11-16,19-20H2,1-2H3;1H4/t34-;/m1./s1. The fourth-order valence-corrected chi connectivity index (χ4v) is 7.59. The van der Waals surface area contributed by atoms with Crippen LogP contribution in [-0.4, -0.2) is 62.8 Å². The molecule has 1 amide bonds. The number of carbonyl (C=O) groups excluding carboxylic acids is 1. The molecule has 0 saturated carbocycles. The molecular formula is C35H44N4O5. The Morgan fingerprint density at radius 3 is 2.57 bits per heavy atom. The second-order valence-electron chi connectivity index (χ2n) is 12.4. The first kappa shape index (κ1) is 30.3. The van der Waals surface area contributed by atoms with Crippen LogP contribution in [0.5, 0.6) is 5.75 Å². The number of amides is 1. The minimum absolute atomic E-state index is 0. The number of carbonyl (C=O) groups is 1. The van der Waals surface area contributed by atoms with Crippen LogP contribution in [0.2, 0.25) is 0 Å². The Hall–Kier alpha value is -3.69. The Morgan fingerprint density at radius 1 is 1.11 bits per heavy atom. The van der Waals surface area contributed by atoms with E-state index in [2.05, 4.69) is 18.4 Å². The van der Waals surface area contributed by atoms with Crippen LogP contribution in [-0.2, 0) is 29.9 Å². The van der Waals surface area contributed by atoms with Crippen molar-refractivity contribution in [2.75, 3.05) is 26.2 Å². The molecule has 0 radical (unpaired) electrons. The summed E-state index contributed by atoms with van der Waals surface area (Å²) in [5, 5.41) is 12.3. The third-order valence-electron chi connectivity index (χ3n) is 10.1. The van der Waals surface area contributed by atoms with Gasteiger partial charge in [0.1, 0.15) is 23.7 Å². The van der Waals surface area contributed by atoms with Crippen molar-refractivity contribution in [3.05, 3.63) is 69.2 Å². The number of fused-ring (bicyclic) bond motifs is 5. The Morgan fingerprint density at radius 2 is 1.86 bits per heavy atom. The third kappa shape index (κ3) is 4.81. The van der Waals surface area contributed by atoms with Crippen molar-refractivity contribution in [2.45, 2.75) is 91.0 Å². The van der Waals surface area contributed by atoms with Crippen LogP contribution in [0, 0.1) is 0 Å². The number of likely N-dealkylation sites (tertiary alicyclic amines) is 2. The first-order chi connectivity index (χ1) is 20.8. The van der Waals surface area contributed by atoms with Gasteiger partial charge in [0.05, 0.1) is 29.0 Å². The summed E-state index contributed by atoms with van der Waals surface area (Å²) in [7, 11) is 0. The van der Waals surface area contributed by atoms with Crippen molar-refractivity contribution < 1.29 is 19.4 Å². The van der Waals surface area contributed by atoms with Crippen LogP contribution in [0.1, 0.15) is 82.1 Å². The van der Waals surface area contributed by atoms with E-state index in [1.165, 1.54) is 32.4 Å². The highest BCUT2D eigenvalue weighted by atomic mass is 16.6. The molecule has 44 heavy (non-hydrogen) atoms. The lowest BCUT2D eigenvalue weighted by Gasteiger charge is -2.39. The number of ether oxygens (including phenoxy) is 2. The van der Waals surface area contributed by atoms with Gasteiger partial charge in [-0.25, -0.2) is 9.78 Å². The summed E-state index contributed by atoms with van der Waals surface area (Å²) >= 11 is 0. The van der Waals surface area contributed by atoms with Crippen LogP contribution in [0.25, 0.3) is 22.3 Å². The van der Waals surface area contributed by atoms with Gasteiger partial charge in [0.25, 0.3) is 5.56 Å². The van der Waals surface area contributed by atoms with Crippen molar-refractivity contribution in [1.82, 2.24) is 19.4 Å². The maximum atomic E-state index is 13.7. The van der Waals surface area contributed by atoms with E-state index in [9.17, 15) is 14.7 Å². The van der Waals surface area contributed by atoms with Crippen LogP contribution in [0.4, 0.5) is 4.79 Å². The number of hydrogen-bond acceptors (Lipinski definition) is 7. The SMILES string of the molecule is C.C=C1OCc2c(cc3n(c2=O)Cc2c-3nc3ccc(OC(=O)N4CCC(N5CCCCC5)CC4)cc3c2CC)[C@@]1(O)CC. The molecule has 4 aliphatic rings. The van der Waals surface area contributed by atoms with Gasteiger partial charge in [0, 0.05) is 35.6 Å². The topological polar surface area (TPSA) is 97.1 Å². The van der Waals surface area contributed by atoms with Crippen LogP contribution in [0.3, 0.4) is 0 Å². The predicted molar refractivity (Wildman–Crippen MR) is 171 cm³/mol. The van der Waals surface area contributed by atoms with Gasteiger partial charge in [-0.15, -0.1) is 0 Å². The summed E-state index contributed by atoms with van der Waals surface area (Å²) in [6.45, 7) is 12.1. The van der Waals surface area contributed by atoms with Crippen molar-refractivity contribution >= 4 is 17.0 Å². The van der Waals surface area contributed by atoms with Gasteiger partial charge in [0.2, 0.25) is 0 Å². The lowest BCUT2D eigenvalue weighted by atomic mass is 9.84. The minimum Gasteiger partial charge on any atom is -0.490 e. The molecule has 0 aliphatic carbocycles. The Balaban J connectivity index is 0.00000343. The van der Waals surface area contributed by atoms with Gasteiger partial charge in [0.15, 0.2) is 0 Å². The zero-order valence-electron chi connectivity index (χ0n) is 25.2. The summed E-state index contributed by atoms with van der Waals surface area (Å²) in [6, 6.07) is 8.05. The summed E-state index contributed by atoms with van der Waals surface area (Å²) in [4.78, 5) is 36.2. The number of pyridine rings is 2. The van der Waals surface area contributed by atoms with E-state index < -0.39 is 5.60 Å². The van der Waals surface area contributed by atoms with E-state index in [4.69, 9.17) is 14.5 Å². The van der Waals surface area contributed by atoms with Crippen LogP contribution in [0.15, 0.2) is 41.4 Å². The van der Waals surface area contributed by atoms with E-state index in [1.54, 1.807) is 10.6 Å². The Kier molecular flexibility index (Phi) is 8.05. The third-order valence-corrected chi connectivity index (χ3v) is 10.1. The maximum absolute atomic E-state index is 13.7. The van der Waals surface area contributed by atoms with Gasteiger partial charge in [-0.05, 0) is 81.4 Å². The predicted octanol–water partition coefficient (Wildman–Crippen LogP) is 5.71. The van der Waals surface area contributed by atoms with E-state index in [0.717, 1.165) is 47.0 Å². The van der Waals surface area contributed by atoms with Gasteiger partial charge in [-0.3, -0.25) is 4.79 Å². The molecule has 9 nitrogen and oxygen atoms in total. The number of benzene rings is 1. The van der Waals surface area contributed by atoms with E-state index in [1.807, 2.05) is 30.0 Å². The zero-order valence-corrected chi connectivity index (χ0v) is 25.2. The molecule has 1 aromatic carbocycles. The van der Waals surface area contributed by atoms with Crippen molar-refractivity contribution in [3.8, 4) is 17.1 Å². The number of aliphatic hydroxyl groups is 1. The fourth-order valence-electron chi connectivity index (χ4n) is 7.59. The second kappa shape index (κ2) is 11.7. The highest BCUT2D eigenvalue weighted by Gasteiger charge is 2.41. The normalized spacial score (nSPS) is 21.7. The van der Waals surface area contributed by atoms with Gasteiger partial charge in [-0.2, -0.15) is 0 Å². The summed E-state index contributed by atoms with van der Waals surface area (Å²) in [5.74, 6) is 0.762. The quantitative estimate of drug-likeness (QED) is 0.320. The smallest absolute Gasteiger partial charge is 0.415 e. The summed E-state index contributed by atoms with van der Waals surface area (Å²) in [5.41, 5.74) is 3.70. The minimum atomic E-state index is -1.42. The monoisotopic (exact) mass is 600 g/mol. The number of piperidine rings is 2. The average molecular weight is 601 g/mol. The maximum Gasteiger partial charge on any atom is 0.415 e. The average Bonchev–Trinajstić information content (AvgIpc) is 3.41. The van der Waals surface area contributed by atoms with E-state index in [0.29, 0.717) is 54.7 Å². The molecule has 1 atom stereocenters. The van der Waals surface area contributed by atoms with Crippen LogP contribution < -0.4 is 10.3 Å². The molecule has 9 heteroatoms. The fraction of sp³-hybridized carbons (Fsp3) is 0.514. The number of rotatable bonds is 4. The number of nitrogens with zero attached hydrogens (tertiary/aromatic N) is 4. The van der Waals surface area contributed by atoms with Crippen molar-refractivity contribution in [1.29, 1.82) is 0 Å². The largest absolute Gasteiger partial charge is 0.490 e. The van der Waals surface area contributed by atoms with Gasteiger partial charge in [-0.1, -0.05) is 34.3 Å². The molecule has 0 bridgehead atoms. The lowest BCUT2D eigenvalue weighted by Crippen LogP contribution is -2.48. The summed E-state index contributed by atoms with van der Waals surface area (Å²) < 4.78 is 13.3. The van der Waals surface area contributed by atoms with E-state index in [-0.39, 0.29) is 31.4 Å². The molecular weight excluding hydrogens is 556 g/mol. The number of aryl methyl sites for hydroxylation is 1. The Labute approximate surface area is 259 Å². The molecule has 1 N–H and O–H groups in total.